The summed E-state index contributed by atoms with van der Waals surface area (Å²) in [6.07, 6.45) is 22.5. The van der Waals surface area contributed by atoms with E-state index in [1.54, 1.807) is 97.1 Å². The van der Waals surface area contributed by atoms with E-state index in [1.807, 2.05) is 0 Å². The highest BCUT2D eigenvalue weighted by Crippen LogP contribution is 2.27. The van der Waals surface area contributed by atoms with Gasteiger partial charge in [-0.25, -0.2) is 19.2 Å². The fraction of sp³-hybridized carbons (Fsp3) is 0.355. The van der Waals surface area contributed by atoms with Gasteiger partial charge in [-0.15, -0.1) is 0 Å². The number of benzene rings is 6. The van der Waals surface area contributed by atoms with Gasteiger partial charge < -0.3 is 28.4 Å². The maximum absolute atomic E-state index is 13.0. The summed E-state index contributed by atoms with van der Waals surface area (Å²) in [6.45, 7) is 5.75. The minimum absolute atomic E-state index is 0.256. The third-order valence-electron chi connectivity index (χ3n) is 12.2. The molecule has 0 N–H and O–H groups in total. The van der Waals surface area contributed by atoms with Gasteiger partial charge in [-0.3, -0.25) is 0 Å². The van der Waals surface area contributed by atoms with E-state index in [-0.39, 0.29) is 28.4 Å². The van der Waals surface area contributed by atoms with E-state index in [4.69, 9.17) is 28.4 Å². The van der Waals surface area contributed by atoms with Gasteiger partial charge in [0.2, 0.25) is 0 Å². The van der Waals surface area contributed by atoms with Gasteiger partial charge in [0.25, 0.3) is 0 Å². The Morgan fingerprint density at radius 1 is 0.311 bits per heavy atom. The number of carbonyl (C=O) groups is 4. The first-order valence-corrected chi connectivity index (χ1v) is 26.4. The van der Waals surface area contributed by atoms with E-state index >= 15 is 0 Å². The summed E-state index contributed by atoms with van der Waals surface area (Å²) in [5.74, 6) is 0.264. The number of hydrogen-bond acceptors (Lipinski definition) is 12. The Morgan fingerprint density at radius 3 is 0.973 bits per heavy atom. The van der Waals surface area contributed by atoms with Crippen molar-refractivity contribution in [3.05, 3.63) is 168 Å². The molecule has 0 aromatic heterocycles. The fourth-order valence-corrected chi connectivity index (χ4v) is 7.87. The Balaban J connectivity index is 0.871. The molecule has 0 bridgehead atoms. The number of unbranched alkanes of at least 4 members (excludes halogenated alkanes) is 16. The van der Waals surface area contributed by atoms with Crippen molar-refractivity contribution in [3.8, 4) is 34.5 Å². The molecule has 0 aliphatic rings. The Labute approximate surface area is 436 Å². The Kier molecular flexibility index (Phi) is 23.9. The molecule has 74 heavy (non-hydrogen) atoms. The van der Waals surface area contributed by atoms with Crippen molar-refractivity contribution in [2.45, 2.75) is 129 Å². The number of esters is 4. The molecule has 0 aliphatic heterocycles. The lowest BCUT2D eigenvalue weighted by molar-refractivity contribution is 0.0720. The van der Waals surface area contributed by atoms with Crippen LogP contribution >= 0.6 is 0 Å². The second-order valence-corrected chi connectivity index (χ2v) is 18.2. The number of ether oxygens (including phenoxy) is 6. The summed E-state index contributed by atoms with van der Waals surface area (Å²) in [4.78, 5) is 51.5. The average molecular weight is 1000 g/mol. The molecule has 0 radical (unpaired) electrons. The summed E-state index contributed by atoms with van der Waals surface area (Å²) in [5, 5.41) is 8.53. The van der Waals surface area contributed by atoms with E-state index in [2.05, 4.69) is 24.1 Å². The SMILES string of the molecule is CCCCCCCCCCCCOc1ccc(C(=O)Oc2ccc(C(=O)Oc3cccc(N=Nc4ccc(OC(=O)c5ccc(OC(=O)c6ccc(OCCCCCCCCCC)cc6)cc5)cc4)c3)cc2)cc1. The summed E-state index contributed by atoms with van der Waals surface area (Å²) < 4.78 is 33.9. The predicted molar refractivity (Wildman–Crippen MR) is 288 cm³/mol. The molecule has 0 aliphatic carbocycles. The number of azo groups is 1. The van der Waals surface area contributed by atoms with Crippen molar-refractivity contribution < 1.29 is 47.6 Å². The predicted octanol–water partition coefficient (Wildman–Crippen LogP) is 16.8. The van der Waals surface area contributed by atoms with Crippen LogP contribution in [0.3, 0.4) is 0 Å². The summed E-state index contributed by atoms with van der Waals surface area (Å²) in [7, 11) is 0. The fourth-order valence-electron chi connectivity index (χ4n) is 7.87. The standard InChI is InChI=1S/C62H70N2O10/c1-3-5-7-9-11-13-14-16-18-20-45-70-54-36-26-48(27-37-54)60(66)72-56-40-30-50(31-41-56)62(68)74-58-23-21-22-52(46-58)64-63-51-32-42-57(43-33-51)73-61(67)49-28-38-55(39-29-49)71-59(65)47-24-34-53(35-25-47)69-44-19-17-15-12-10-8-6-4-2/h21-43,46H,3-20,44-45H2,1-2H3. The van der Waals surface area contributed by atoms with Crippen LogP contribution in [0.1, 0.15) is 171 Å². The van der Waals surface area contributed by atoms with Gasteiger partial charge in [-0.2, -0.15) is 10.2 Å². The van der Waals surface area contributed by atoms with E-state index in [0.29, 0.717) is 53.0 Å². The molecule has 388 valence electrons. The maximum atomic E-state index is 13.0. The summed E-state index contributed by atoms with van der Waals surface area (Å²) >= 11 is 0. The van der Waals surface area contributed by atoms with E-state index < -0.39 is 23.9 Å². The molecule has 0 amide bonds. The van der Waals surface area contributed by atoms with Crippen LogP contribution in [-0.2, 0) is 0 Å². The molecule has 6 aromatic carbocycles. The highest BCUT2D eigenvalue weighted by atomic mass is 16.5. The molecule has 0 unspecified atom stereocenters. The zero-order valence-corrected chi connectivity index (χ0v) is 43.0. The van der Waals surface area contributed by atoms with Crippen LogP contribution in [0.15, 0.2) is 156 Å². The van der Waals surface area contributed by atoms with Crippen LogP contribution in [0, 0.1) is 0 Å². The zero-order valence-electron chi connectivity index (χ0n) is 43.0. The second kappa shape index (κ2) is 31.8. The normalized spacial score (nSPS) is 11.0. The highest BCUT2D eigenvalue weighted by Gasteiger charge is 2.15. The van der Waals surface area contributed by atoms with Crippen LogP contribution in [-0.4, -0.2) is 37.1 Å². The summed E-state index contributed by atoms with van der Waals surface area (Å²) in [6, 6.07) is 39.0. The zero-order chi connectivity index (χ0) is 52.0. The third-order valence-corrected chi connectivity index (χ3v) is 12.2. The first kappa shape index (κ1) is 55.7. The Bertz CT molecular complexity index is 2650. The second-order valence-electron chi connectivity index (χ2n) is 18.2. The van der Waals surface area contributed by atoms with Crippen molar-refractivity contribution in [1.29, 1.82) is 0 Å². The molecule has 6 rings (SSSR count). The van der Waals surface area contributed by atoms with Crippen molar-refractivity contribution in [3.63, 3.8) is 0 Å². The molecule has 0 saturated carbocycles. The molecule has 12 heteroatoms. The largest absolute Gasteiger partial charge is 0.494 e. The molecule has 0 fully saturated rings. The van der Waals surface area contributed by atoms with E-state index in [9.17, 15) is 19.2 Å². The van der Waals surface area contributed by atoms with Gasteiger partial charge in [-0.05, 0) is 146 Å². The van der Waals surface area contributed by atoms with Gasteiger partial charge in [0.05, 0.1) is 46.8 Å². The van der Waals surface area contributed by atoms with Gasteiger partial charge in [-0.1, -0.05) is 123 Å². The molecule has 0 saturated heterocycles. The van der Waals surface area contributed by atoms with Crippen molar-refractivity contribution >= 4 is 35.3 Å². The lowest BCUT2D eigenvalue weighted by Crippen LogP contribution is -2.10. The smallest absolute Gasteiger partial charge is 0.343 e. The first-order valence-electron chi connectivity index (χ1n) is 26.4. The molecule has 6 aromatic rings. The summed E-state index contributed by atoms with van der Waals surface area (Å²) in [5.41, 5.74) is 2.20. The number of hydrogen-bond donors (Lipinski definition) is 0. The number of carbonyl (C=O) groups excluding carboxylic acids is 4. The van der Waals surface area contributed by atoms with Crippen LogP contribution in [0.5, 0.6) is 34.5 Å². The quantitative estimate of drug-likeness (QED) is 0.0173. The minimum Gasteiger partial charge on any atom is -0.494 e. The van der Waals surface area contributed by atoms with Gasteiger partial charge in [0, 0.05) is 6.07 Å². The monoisotopic (exact) mass is 1000 g/mol. The topological polar surface area (TPSA) is 148 Å². The lowest BCUT2D eigenvalue weighted by atomic mass is 10.1. The number of rotatable bonds is 32. The van der Waals surface area contributed by atoms with Crippen molar-refractivity contribution in [2.75, 3.05) is 13.2 Å². The Morgan fingerprint density at radius 2 is 0.608 bits per heavy atom. The highest BCUT2D eigenvalue weighted by molar-refractivity contribution is 5.94. The minimum atomic E-state index is -0.609. The first-order chi connectivity index (χ1) is 36.3. The van der Waals surface area contributed by atoms with Gasteiger partial charge in [0.15, 0.2) is 0 Å². The Hall–Kier alpha value is -7.60. The third kappa shape index (κ3) is 20.1. The molecular weight excluding hydrogens is 933 g/mol. The maximum Gasteiger partial charge on any atom is 0.343 e. The molecule has 0 heterocycles. The molecular formula is C62H70N2O10. The van der Waals surface area contributed by atoms with Crippen LogP contribution < -0.4 is 28.4 Å². The van der Waals surface area contributed by atoms with Crippen molar-refractivity contribution in [2.24, 2.45) is 10.2 Å². The van der Waals surface area contributed by atoms with Gasteiger partial charge >= 0.3 is 23.9 Å². The molecule has 12 nitrogen and oxygen atoms in total. The molecule has 0 atom stereocenters. The van der Waals surface area contributed by atoms with Crippen LogP contribution in [0.25, 0.3) is 0 Å². The lowest BCUT2D eigenvalue weighted by Gasteiger charge is -2.08. The number of nitrogens with zero attached hydrogens (tertiary/aromatic N) is 2. The van der Waals surface area contributed by atoms with E-state index in [0.717, 1.165) is 25.7 Å². The van der Waals surface area contributed by atoms with Gasteiger partial charge in [0.1, 0.15) is 34.5 Å². The van der Waals surface area contributed by atoms with E-state index in [1.165, 1.54) is 138 Å². The van der Waals surface area contributed by atoms with Crippen LogP contribution in [0.4, 0.5) is 11.4 Å². The van der Waals surface area contributed by atoms with Crippen molar-refractivity contribution in [1.82, 2.24) is 0 Å². The molecule has 0 spiro atoms. The average Bonchev–Trinajstić information content (AvgIpc) is 3.42. The van der Waals surface area contributed by atoms with Crippen LogP contribution in [0.2, 0.25) is 0 Å².